The largest absolute Gasteiger partial charge is 0.286 e. The van der Waals surface area contributed by atoms with Gasteiger partial charge in [0, 0.05) is 18.9 Å². The number of aromatic nitrogens is 4. The van der Waals surface area contributed by atoms with E-state index in [-0.39, 0.29) is 4.90 Å². The van der Waals surface area contributed by atoms with Gasteiger partial charge in [0.2, 0.25) is 0 Å². The van der Waals surface area contributed by atoms with Gasteiger partial charge in [0.1, 0.15) is 4.90 Å². The minimum atomic E-state index is -3.59. The summed E-state index contributed by atoms with van der Waals surface area (Å²) in [5.74, 6) is 0. The third kappa shape index (κ3) is 1.63. The average molecular weight is 240 g/mol. The summed E-state index contributed by atoms with van der Waals surface area (Å²) in [7, 11) is -3.59. The van der Waals surface area contributed by atoms with Crippen LogP contribution in [0.25, 0.3) is 0 Å². The molecule has 0 aliphatic heterocycles. The predicted molar refractivity (Wildman–Crippen MR) is 57.4 cm³/mol. The van der Waals surface area contributed by atoms with Gasteiger partial charge >= 0.3 is 0 Å². The second-order valence-corrected chi connectivity index (χ2v) is 5.08. The molecule has 0 N–H and O–H groups in total. The van der Waals surface area contributed by atoms with Crippen LogP contribution in [0.1, 0.15) is 12.6 Å². The predicted octanol–water partition coefficient (Wildman–Crippen LogP) is 0.645. The van der Waals surface area contributed by atoms with Gasteiger partial charge in [0.05, 0.1) is 11.9 Å². The van der Waals surface area contributed by atoms with Crippen LogP contribution >= 0.6 is 0 Å². The molecule has 16 heavy (non-hydrogen) atoms. The van der Waals surface area contributed by atoms with Crippen LogP contribution in [0.15, 0.2) is 29.6 Å². The van der Waals surface area contributed by atoms with Crippen LogP contribution in [0, 0.1) is 6.92 Å². The summed E-state index contributed by atoms with van der Waals surface area (Å²) in [4.78, 5) is 0.193. The van der Waals surface area contributed by atoms with Crippen molar-refractivity contribution < 1.29 is 8.42 Å². The van der Waals surface area contributed by atoms with E-state index in [4.69, 9.17) is 0 Å². The fraction of sp³-hybridized carbons (Fsp3) is 0.333. The molecule has 0 aromatic carbocycles. The van der Waals surface area contributed by atoms with Crippen LogP contribution in [0.2, 0.25) is 0 Å². The van der Waals surface area contributed by atoms with Gasteiger partial charge in [-0.1, -0.05) is 0 Å². The number of rotatable bonds is 3. The monoisotopic (exact) mass is 240 g/mol. The van der Waals surface area contributed by atoms with Crippen LogP contribution in [0.5, 0.6) is 0 Å². The van der Waals surface area contributed by atoms with Crippen LogP contribution < -0.4 is 0 Å². The highest BCUT2D eigenvalue weighted by atomic mass is 32.2. The molecule has 6 nitrogen and oxygen atoms in total. The lowest BCUT2D eigenvalue weighted by Gasteiger charge is -2.01. The molecule has 0 saturated carbocycles. The van der Waals surface area contributed by atoms with E-state index in [1.807, 2.05) is 6.92 Å². The maximum Gasteiger partial charge on any atom is 0.286 e. The van der Waals surface area contributed by atoms with Crippen molar-refractivity contribution in [1.29, 1.82) is 0 Å². The minimum Gasteiger partial charge on any atom is -0.271 e. The van der Waals surface area contributed by atoms with E-state index in [0.717, 1.165) is 4.09 Å². The second kappa shape index (κ2) is 3.75. The fourth-order valence-corrected chi connectivity index (χ4v) is 2.69. The zero-order chi connectivity index (χ0) is 11.8. The van der Waals surface area contributed by atoms with Crippen molar-refractivity contribution in [1.82, 2.24) is 19.0 Å². The van der Waals surface area contributed by atoms with Gasteiger partial charge in [-0.2, -0.15) is 22.7 Å². The lowest BCUT2D eigenvalue weighted by molar-refractivity contribution is 0.579. The molecule has 0 radical (unpaired) electrons. The van der Waals surface area contributed by atoms with Gasteiger partial charge in [-0.3, -0.25) is 4.68 Å². The number of nitrogens with zero attached hydrogens (tertiary/aromatic N) is 4. The maximum atomic E-state index is 12.1. The molecule has 0 spiro atoms. The Balaban J connectivity index is 2.56. The highest BCUT2D eigenvalue weighted by Gasteiger charge is 2.22. The topological polar surface area (TPSA) is 69.8 Å². The van der Waals surface area contributed by atoms with Crippen LogP contribution in [-0.2, 0) is 16.6 Å². The minimum absolute atomic E-state index is 0.193. The summed E-state index contributed by atoms with van der Waals surface area (Å²) >= 11 is 0. The Morgan fingerprint density at radius 2 is 2.19 bits per heavy atom. The normalized spacial score (nSPS) is 11.9. The molecule has 0 amide bonds. The van der Waals surface area contributed by atoms with E-state index < -0.39 is 10.0 Å². The first-order chi connectivity index (χ1) is 7.55. The molecule has 0 unspecified atom stereocenters. The third-order valence-electron chi connectivity index (χ3n) is 2.23. The maximum absolute atomic E-state index is 12.1. The van der Waals surface area contributed by atoms with Crippen molar-refractivity contribution in [3.05, 3.63) is 30.4 Å². The van der Waals surface area contributed by atoms with E-state index in [0.29, 0.717) is 12.2 Å². The lowest BCUT2D eigenvalue weighted by atomic mass is 10.5. The Hall–Kier alpha value is -1.63. The molecular formula is C9H12N4O2S. The standard InChI is InChI=1S/C9H12N4O2S/c1-3-12-7-9(8(2)11-12)16(14,15)13-6-4-5-10-13/h4-7H,3H2,1-2H3. The molecule has 0 saturated heterocycles. The van der Waals surface area contributed by atoms with Gasteiger partial charge in [-0.15, -0.1) is 0 Å². The number of hydrogen-bond acceptors (Lipinski definition) is 4. The highest BCUT2D eigenvalue weighted by Crippen LogP contribution is 2.15. The van der Waals surface area contributed by atoms with Crippen molar-refractivity contribution in [3.63, 3.8) is 0 Å². The van der Waals surface area contributed by atoms with Gasteiger partial charge in [0.15, 0.2) is 0 Å². The molecule has 2 rings (SSSR count). The smallest absolute Gasteiger partial charge is 0.271 e. The first-order valence-corrected chi connectivity index (χ1v) is 6.29. The molecule has 2 heterocycles. The Bertz CT molecular complexity index is 583. The van der Waals surface area contributed by atoms with E-state index in [1.165, 1.54) is 18.6 Å². The molecule has 0 fully saturated rings. The van der Waals surface area contributed by atoms with E-state index >= 15 is 0 Å². The van der Waals surface area contributed by atoms with Crippen LogP contribution in [0.3, 0.4) is 0 Å². The summed E-state index contributed by atoms with van der Waals surface area (Å²) in [6.45, 7) is 4.20. The molecule has 0 bridgehead atoms. The summed E-state index contributed by atoms with van der Waals surface area (Å²) < 4.78 is 26.7. The highest BCUT2D eigenvalue weighted by molar-refractivity contribution is 7.89. The van der Waals surface area contributed by atoms with Gasteiger partial charge < -0.3 is 0 Å². The second-order valence-electron chi connectivity index (χ2n) is 3.32. The first kappa shape index (κ1) is 10.9. The van der Waals surface area contributed by atoms with Gasteiger partial charge in [-0.25, -0.2) is 0 Å². The number of aryl methyl sites for hydroxylation is 2. The van der Waals surface area contributed by atoms with Crippen molar-refractivity contribution in [2.45, 2.75) is 25.3 Å². The summed E-state index contributed by atoms with van der Waals surface area (Å²) in [5, 5.41) is 7.83. The van der Waals surface area contributed by atoms with Crippen molar-refractivity contribution in [2.24, 2.45) is 0 Å². The lowest BCUT2D eigenvalue weighted by Crippen LogP contribution is -2.13. The van der Waals surface area contributed by atoms with E-state index in [1.54, 1.807) is 17.7 Å². The summed E-state index contributed by atoms with van der Waals surface area (Å²) in [6, 6.07) is 1.57. The summed E-state index contributed by atoms with van der Waals surface area (Å²) in [6.07, 6.45) is 4.35. The Labute approximate surface area is 93.6 Å². The molecule has 0 aliphatic rings. The van der Waals surface area contributed by atoms with Crippen LogP contribution in [0.4, 0.5) is 0 Å². The van der Waals surface area contributed by atoms with Gasteiger partial charge in [-0.05, 0) is 19.9 Å². The molecule has 0 aliphatic carbocycles. The SMILES string of the molecule is CCn1cc(S(=O)(=O)n2cccn2)c(C)n1. The molecule has 7 heteroatoms. The molecule has 2 aromatic rings. The zero-order valence-corrected chi connectivity index (χ0v) is 9.85. The molecule has 0 atom stereocenters. The fourth-order valence-electron chi connectivity index (χ4n) is 1.41. The van der Waals surface area contributed by atoms with Gasteiger partial charge in [0.25, 0.3) is 10.0 Å². The van der Waals surface area contributed by atoms with Crippen molar-refractivity contribution >= 4 is 10.0 Å². The van der Waals surface area contributed by atoms with Crippen molar-refractivity contribution in [2.75, 3.05) is 0 Å². The molecule has 86 valence electrons. The first-order valence-electron chi connectivity index (χ1n) is 4.85. The Kier molecular flexibility index (Phi) is 2.55. The Morgan fingerprint density at radius 1 is 1.44 bits per heavy atom. The van der Waals surface area contributed by atoms with E-state index in [2.05, 4.69) is 10.2 Å². The molecule has 2 aromatic heterocycles. The summed E-state index contributed by atoms with van der Waals surface area (Å²) in [5.41, 5.74) is 0.484. The van der Waals surface area contributed by atoms with Crippen molar-refractivity contribution in [3.8, 4) is 0 Å². The zero-order valence-electron chi connectivity index (χ0n) is 9.03. The third-order valence-corrected chi connectivity index (χ3v) is 3.89. The quantitative estimate of drug-likeness (QED) is 0.789. The average Bonchev–Trinajstić information content (AvgIpc) is 2.85. The molecular weight excluding hydrogens is 228 g/mol. The van der Waals surface area contributed by atoms with Crippen LogP contribution in [-0.4, -0.2) is 27.4 Å². The Morgan fingerprint density at radius 3 is 2.69 bits per heavy atom. The number of hydrogen-bond donors (Lipinski definition) is 0. The van der Waals surface area contributed by atoms with E-state index in [9.17, 15) is 8.42 Å².